The highest BCUT2D eigenvalue weighted by Gasteiger charge is 2.42. The molecular weight excluding hydrogens is 218 g/mol. The molecule has 1 aromatic rings. The third-order valence-electron chi connectivity index (χ3n) is 3.26. The molecular formula is C13H17NO3. The summed E-state index contributed by atoms with van der Waals surface area (Å²) >= 11 is 0. The van der Waals surface area contributed by atoms with Gasteiger partial charge in [0.05, 0.1) is 7.11 Å². The lowest BCUT2D eigenvalue weighted by Crippen LogP contribution is -2.37. The molecule has 1 aliphatic heterocycles. The molecule has 0 N–H and O–H groups in total. The standard InChI is InChI=1S/C13H17NO3/c1-9-11(10-7-5-4-6-8-10)17-12(14(9)2)13(15)16-3/h4-9,11-12H,1-3H3. The predicted molar refractivity (Wildman–Crippen MR) is 63.3 cm³/mol. The van der Waals surface area contributed by atoms with E-state index in [1.807, 2.05) is 49.2 Å². The molecule has 3 unspecified atom stereocenters. The third kappa shape index (κ3) is 2.18. The van der Waals surface area contributed by atoms with Crippen LogP contribution >= 0.6 is 0 Å². The topological polar surface area (TPSA) is 38.8 Å². The van der Waals surface area contributed by atoms with Crippen LogP contribution in [0.1, 0.15) is 18.6 Å². The Kier molecular flexibility index (Phi) is 3.45. The van der Waals surface area contributed by atoms with Crippen molar-refractivity contribution in [1.82, 2.24) is 4.90 Å². The van der Waals surface area contributed by atoms with Crippen LogP contribution in [0.15, 0.2) is 30.3 Å². The molecule has 0 amide bonds. The quantitative estimate of drug-likeness (QED) is 0.729. The molecule has 4 nitrogen and oxygen atoms in total. The Hall–Kier alpha value is -1.39. The van der Waals surface area contributed by atoms with Crippen LogP contribution < -0.4 is 0 Å². The second-order valence-electron chi connectivity index (χ2n) is 4.25. The van der Waals surface area contributed by atoms with Gasteiger partial charge in [-0.3, -0.25) is 4.90 Å². The van der Waals surface area contributed by atoms with Crippen molar-refractivity contribution in [1.29, 1.82) is 0 Å². The highest BCUT2D eigenvalue weighted by atomic mass is 16.6. The summed E-state index contributed by atoms with van der Waals surface area (Å²) in [6.07, 6.45) is -0.703. The summed E-state index contributed by atoms with van der Waals surface area (Å²) in [5.74, 6) is -0.349. The van der Waals surface area contributed by atoms with Gasteiger partial charge in [0.2, 0.25) is 6.23 Å². The van der Waals surface area contributed by atoms with Gasteiger partial charge < -0.3 is 9.47 Å². The number of likely N-dealkylation sites (N-methyl/N-ethyl adjacent to an activating group) is 1. The Balaban J connectivity index is 2.20. The third-order valence-corrected chi connectivity index (χ3v) is 3.26. The second kappa shape index (κ2) is 4.85. The Morgan fingerprint density at radius 3 is 2.59 bits per heavy atom. The van der Waals surface area contributed by atoms with Gasteiger partial charge in [0, 0.05) is 6.04 Å². The van der Waals surface area contributed by atoms with Crippen molar-refractivity contribution >= 4 is 5.97 Å². The minimum absolute atomic E-state index is 0.0923. The SMILES string of the molecule is COC(=O)C1OC(c2ccccc2)C(C)N1C. The summed E-state index contributed by atoms with van der Waals surface area (Å²) in [5, 5.41) is 0. The molecule has 1 saturated heterocycles. The number of carbonyl (C=O) groups is 1. The fraction of sp³-hybridized carbons (Fsp3) is 0.462. The molecule has 92 valence electrons. The van der Waals surface area contributed by atoms with Gasteiger partial charge in [-0.15, -0.1) is 0 Å². The maximum absolute atomic E-state index is 11.6. The van der Waals surface area contributed by atoms with Gasteiger partial charge in [-0.05, 0) is 19.5 Å². The van der Waals surface area contributed by atoms with Crippen molar-refractivity contribution in [2.75, 3.05) is 14.2 Å². The van der Waals surface area contributed by atoms with Crippen molar-refractivity contribution in [2.45, 2.75) is 25.3 Å². The van der Waals surface area contributed by atoms with Crippen molar-refractivity contribution in [3.8, 4) is 0 Å². The number of carbonyl (C=O) groups excluding carboxylic acids is 1. The van der Waals surface area contributed by atoms with E-state index in [-0.39, 0.29) is 18.1 Å². The monoisotopic (exact) mass is 235 g/mol. The van der Waals surface area contributed by atoms with E-state index < -0.39 is 6.23 Å². The molecule has 0 radical (unpaired) electrons. The van der Waals surface area contributed by atoms with Crippen molar-refractivity contribution in [3.63, 3.8) is 0 Å². The molecule has 1 fully saturated rings. The number of benzene rings is 1. The number of esters is 1. The Morgan fingerprint density at radius 1 is 1.35 bits per heavy atom. The van der Waals surface area contributed by atoms with Crippen molar-refractivity contribution in [3.05, 3.63) is 35.9 Å². The van der Waals surface area contributed by atoms with E-state index in [4.69, 9.17) is 9.47 Å². The molecule has 0 bridgehead atoms. The lowest BCUT2D eigenvalue weighted by Gasteiger charge is -2.19. The molecule has 0 aromatic heterocycles. The van der Waals surface area contributed by atoms with Crippen LogP contribution in [-0.2, 0) is 14.3 Å². The van der Waals surface area contributed by atoms with E-state index in [9.17, 15) is 4.79 Å². The van der Waals surface area contributed by atoms with Crippen LogP contribution in [0.2, 0.25) is 0 Å². The van der Waals surface area contributed by atoms with E-state index in [1.165, 1.54) is 7.11 Å². The summed E-state index contributed by atoms with van der Waals surface area (Å²) in [5.41, 5.74) is 1.08. The molecule has 17 heavy (non-hydrogen) atoms. The van der Waals surface area contributed by atoms with Gasteiger partial charge in [0.25, 0.3) is 0 Å². The van der Waals surface area contributed by atoms with E-state index in [0.29, 0.717) is 0 Å². The number of methoxy groups -OCH3 is 1. The average molecular weight is 235 g/mol. The van der Waals surface area contributed by atoms with Crippen LogP contribution in [0.3, 0.4) is 0 Å². The number of rotatable bonds is 2. The largest absolute Gasteiger partial charge is 0.466 e. The molecule has 4 heteroatoms. The molecule has 0 saturated carbocycles. The molecule has 1 aliphatic rings. The summed E-state index contributed by atoms with van der Waals surface area (Å²) < 4.78 is 10.5. The van der Waals surface area contributed by atoms with E-state index in [2.05, 4.69) is 0 Å². The van der Waals surface area contributed by atoms with Crippen LogP contribution in [-0.4, -0.2) is 37.3 Å². The lowest BCUT2D eigenvalue weighted by atomic mass is 10.0. The fourth-order valence-corrected chi connectivity index (χ4v) is 2.10. The predicted octanol–water partition coefficient (Wildman–Crippen LogP) is 1.58. The summed E-state index contributed by atoms with van der Waals surface area (Å²) in [6, 6.07) is 10.1. The first-order chi connectivity index (χ1) is 8.15. The van der Waals surface area contributed by atoms with Gasteiger partial charge >= 0.3 is 5.97 Å². The zero-order valence-corrected chi connectivity index (χ0v) is 10.3. The lowest BCUT2D eigenvalue weighted by molar-refractivity contribution is -0.159. The maximum Gasteiger partial charge on any atom is 0.350 e. The second-order valence-corrected chi connectivity index (χ2v) is 4.25. The number of hydrogen-bond acceptors (Lipinski definition) is 4. The normalized spacial score (nSPS) is 29.2. The van der Waals surface area contributed by atoms with Crippen LogP contribution in [0.4, 0.5) is 0 Å². The van der Waals surface area contributed by atoms with E-state index >= 15 is 0 Å². The first-order valence-corrected chi connectivity index (χ1v) is 5.65. The zero-order valence-electron chi connectivity index (χ0n) is 10.3. The molecule has 3 atom stereocenters. The van der Waals surface area contributed by atoms with Gasteiger partial charge in [-0.2, -0.15) is 0 Å². The first kappa shape index (κ1) is 12.1. The zero-order chi connectivity index (χ0) is 12.4. The van der Waals surface area contributed by atoms with Crippen LogP contribution in [0.25, 0.3) is 0 Å². The minimum Gasteiger partial charge on any atom is -0.466 e. The van der Waals surface area contributed by atoms with E-state index in [1.54, 1.807) is 0 Å². The van der Waals surface area contributed by atoms with Gasteiger partial charge in [-0.25, -0.2) is 4.79 Å². The Morgan fingerprint density at radius 2 is 2.00 bits per heavy atom. The minimum atomic E-state index is -0.611. The van der Waals surface area contributed by atoms with Crippen molar-refractivity contribution < 1.29 is 14.3 Å². The average Bonchev–Trinajstić information content (AvgIpc) is 2.67. The number of ether oxygens (including phenoxy) is 2. The first-order valence-electron chi connectivity index (χ1n) is 5.65. The summed E-state index contributed by atoms with van der Waals surface area (Å²) in [7, 11) is 3.25. The Bertz CT molecular complexity index is 393. The number of nitrogens with zero attached hydrogens (tertiary/aromatic N) is 1. The number of hydrogen-bond donors (Lipinski definition) is 0. The highest BCUT2D eigenvalue weighted by Crippen LogP contribution is 2.33. The molecule has 0 aliphatic carbocycles. The van der Waals surface area contributed by atoms with Gasteiger partial charge in [0.15, 0.2) is 0 Å². The van der Waals surface area contributed by atoms with Gasteiger partial charge in [0.1, 0.15) is 6.10 Å². The maximum atomic E-state index is 11.6. The van der Waals surface area contributed by atoms with Crippen LogP contribution in [0.5, 0.6) is 0 Å². The van der Waals surface area contributed by atoms with Crippen LogP contribution in [0, 0.1) is 0 Å². The molecule has 1 heterocycles. The van der Waals surface area contributed by atoms with Crippen molar-refractivity contribution in [2.24, 2.45) is 0 Å². The molecule has 1 aromatic carbocycles. The van der Waals surface area contributed by atoms with Gasteiger partial charge in [-0.1, -0.05) is 30.3 Å². The highest BCUT2D eigenvalue weighted by molar-refractivity contribution is 5.74. The fourth-order valence-electron chi connectivity index (χ4n) is 2.10. The smallest absolute Gasteiger partial charge is 0.350 e. The summed E-state index contributed by atoms with van der Waals surface area (Å²) in [6.45, 7) is 2.04. The molecule has 0 spiro atoms. The molecule has 2 rings (SSSR count). The summed E-state index contributed by atoms with van der Waals surface area (Å²) in [4.78, 5) is 13.5. The van der Waals surface area contributed by atoms with E-state index in [0.717, 1.165) is 5.56 Å². The Labute approximate surface area is 101 Å².